The Kier molecular flexibility index (Phi) is 4.51. The lowest BCUT2D eigenvalue weighted by molar-refractivity contribution is 0.0955. The van der Waals surface area contributed by atoms with Gasteiger partial charge < -0.3 is 9.84 Å². The first-order valence-corrected chi connectivity index (χ1v) is 6.53. The predicted molar refractivity (Wildman–Crippen MR) is 72.7 cm³/mol. The molecule has 0 aliphatic rings. The van der Waals surface area contributed by atoms with Crippen molar-refractivity contribution in [3.8, 4) is 5.75 Å². The number of rotatable bonds is 5. The van der Waals surface area contributed by atoms with Gasteiger partial charge >= 0.3 is 0 Å². The van der Waals surface area contributed by atoms with E-state index in [-0.39, 0.29) is 19.1 Å². The predicted octanol–water partition coefficient (Wildman–Crippen LogP) is 1.42. The van der Waals surface area contributed by atoms with E-state index in [1.807, 2.05) is 18.2 Å². The summed E-state index contributed by atoms with van der Waals surface area (Å²) in [5, 5.41) is 11.0. The molecule has 1 amide bonds. The monoisotopic (exact) mass is 278 g/mol. The van der Waals surface area contributed by atoms with Gasteiger partial charge in [0.15, 0.2) is 0 Å². The summed E-state index contributed by atoms with van der Waals surface area (Å²) in [6.45, 7) is 0.166. The van der Waals surface area contributed by atoms with E-state index in [0.29, 0.717) is 16.2 Å². The quantitative estimate of drug-likeness (QED) is 0.439. The van der Waals surface area contributed by atoms with Crippen LogP contribution in [0.1, 0.15) is 20.8 Å². The lowest BCUT2D eigenvalue weighted by Crippen LogP contribution is -2.30. The number of para-hydroxylation sites is 1. The molecule has 0 radical (unpaired) electrons. The lowest BCUT2D eigenvalue weighted by Gasteiger charge is -2.10. The van der Waals surface area contributed by atoms with Crippen LogP contribution in [-0.4, -0.2) is 11.0 Å². The van der Waals surface area contributed by atoms with Crippen LogP contribution in [0, 0.1) is 0 Å². The molecule has 0 fully saturated rings. The van der Waals surface area contributed by atoms with E-state index in [4.69, 9.17) is 10.6 Å². The third kappa shape index (κ3) is 3.11. The number of carbonyl (C=O) groups excluding carboxylic acids is 1. The van der Waals surface area contributed by atoms with Crippen molar-refractivity contribution < 1.29 is 14.6 Å². The molecular formula is C13H14N2O3S. The van der Waals surface area contributed by atoms with Crippen molar-refractivity contribution in [3.63, 3.8) is 0 Å². The van der Waals surface area contributed by atoms with E-state index < -0.39 is 0 Å². The smallest absolute Gasteiger partial charge is 0.275 e. The number of aliphatic hydroxyl groups is 1. The van der Waals surface area contributed by atoms with Crippen molar-refractivity contribution in [3.05, 3.63) is 51.7 Å². The largest absolute Gasteiger partial charge is 0.488 e. The van der Waals surface area contributed by atoms with E-state index in [1.165, 1.54) is 11.3 Å². The highest BCUT2D eigenvalue weighted by Gasteiger charge is 2.12. The number of carbonyl (C=O) groups is 1. The Morgan fingerprint density at radius 1 is 1.32 bits per heavy atom. The maximum absolute atomic E-state index is 11.5. The number of nitrogens with two attached hydrogens (primary N) is 1. The molecule has 1 heterocycles. The molecule has 19 heavy (non-hydrogen) atoms. The van der Waals surface area contributed by atoms with Gasteiger partial charge in [0.05, 0.1) is 11.5 Å². The molecule has 0 atom stereocenters. The Morgan fingerprint density at radius 3 is 2.84 bits per heavy atom. The zero-order chi connectivity index (χ0) is 13.7. The third-order valence-corrected chi connectivity index (χ3v) is 3.57. The van der Waals surface area contributed by atoms with Crippen LogP contribution in [-0.2, 0) is 13.2 Å². The van der Waals surface area contributed by atoms with Crippen LogP contribution in [0.3, 0.4) is 0 Å². The summed E-state index contributed by atoms with van der Waals surface area (Å²) in [7, 11) is 0. The Labute approximate surface area is 114 Å². The van der Waals surface area contributed by atoms with Gasteiger partial charge in [-0.15, -0.1) is 11.3 Å². The summed E-state index contributed by atoms with van der Waals surface area (Å²) in [4.78, 5) is 12.0. The van der Waals surface area contributed by atoms with Crippen LogP contribution < -0.4 is 16.0 Å². The molecule has 4 N–H and O–H groups in total. The number of thiophene rings is 1. The van der Waals surface area contributed by atoms with Crippen LogP contribution >= 0.6 is 11.3 Å². The number of ether oxygens (including phenoxy) is 1. The van der Waals surface area contributed by atoms with Gasteiger partial charge in [-0.25, -0.2) is 5.84 Å². The SMILES string of the molecule is NNC(=O)c1sccc1COc1ccccc1CO. The second-order valence-corrected chi connectivity index (χ2v) is 4.72. The Hall–Kier alpha value is -1.89. The molecule has 0 unspecified atom stereocenters. The van der Waals surface area contributed by atoms with E-state index in [0.717, 1.165) is 5.56 Å². The zero-order valence-corrected chi connectivity index (χ0v) is 10.9. The van der Waals surface area contributed by atoms with Crippen molar-refractivity contribution >= 4 is 17.2 Å². The average molecular weight is 278 g/mol. The molecule has 100 valence electrons. The van der Waals surface area contributed by atoms with E-state index in [9.17, 15) is 9.90 Å². The summed E-state index contributed by atoms with van der Waals surface area (Å²) >= 11 is 1.31. The highest BCUT2D eigenvalue weighted by atomic mass is 32.1. The molecule has 2 aromatic rings. The van der Waals surface area contributed by atoms with Crippen molar-refractivity contribution in [2.45, 2.75) is 13.2 Å². The molecule has 2 rings (SSSR count). The summed E-state index contributed by atoms with van der Waals surface area (Å²) in [6.07, 6.45) is 0. The number of benzene rings is 1. The Morgan fingerprint density at radius 2 is 2.11 bits per heavy atom. The number of nitrogen functional groups attached to an aromatic ring is 1. The van der Waals surface area contributed by atoms with Gasteiger partial charge in [-0.2, -0.15) is 0 Å². The van der Waals surface area contributed by atoms with E-state index in [1.54, 1.807) is 17.5 Å². The summed E-state index contributed by atoms with van der Waals surface area (Å²) in [5.74, 6) is 5.40. The number of nitrogens with one attached hydrogen (secondary N) is 1. The van der Waals surface area contributed by atoms with Crippen molar-refractivity contribution in [2.75, 3.05) is 0 Å². The minimum Gasteiger partial charge on any atom is -0.488 e. The maximum Gasteiger partial charge on any atom is 0.275 e. The molecular weight excluding hydrogens is 264 g/mol. The van der Waals surface area contributed by atoms with Gasteiger partial charge in [0.1, 0.15) is 12.4 Å². The second kappa shape index (κ2) is 6.33. The summed E-state index contributed by atoms with van der Waals surface area (Å²) in [6, 6.07) is 9.04. The molecule has 0 spiro atoms. The first-order chi connectivity index (χ1) is 9.26. The molecule has 0 saturated heterocycles. The van der Waals surface area contributed by atoms with E-state index in [2.05, 4.69) is 5.43 Å². The summed E-state index contributed by atoms with van der Waals surface area (Å²) < 4.78 is 5.63. The number of hydrogen-bond acceptors (Lipinski definition) is 5. The van der Waals surface area contributed by atoms with Crippen molar-refractivity contribution in [1.82, 2.24) is 5.43 Å². The fourth-order valence-electron chi connectivity index (χ4n) is 1.64. The number of aliphatic hydroxyl groups excluding tert-OH is 1. The molecule has 0 bridgehead atoms. The van der Waals surface area contributed by atoms with Gasteiger partial charge in [0.2, 0.25) is 0 Å². The third-order valence-electron chi connectivity index (χ3n) is 2.61. The minimum atomic E-state index is -0.330. The van der Waals surface area contributed by atoms with Crippen LogP contribution in [0.5, 0.6) is 5.75 Å². The minimum absolute atomic E-state index is 0.0873. The van der Waals surface area contributed by atoms with Gasteiger partial charge in [0.25, 0.3) is 5.91 Å². The Bertz CT molecular complexity index is 569. The fourth-order valence-corrected chi connectivity index (χ4v) is 2.46. The van der Waals surface area contributed by atoms with Crippen LogP contribution in [0.4, 0.5) is 0 Å². The lowest BCUT2D eigenvalue weighted by atomic mass is 10.2. The van der Waals surface area contributed by atoms with Crippen LogP contribution in [0.25, 0.3) is 0 Å². The second-order valence-electron chi connectivity index (χ2n) is 3.80. The molecule has 5 nitrogen and oxygen atoms in total. The molecule has 0 aliphatic heterocycles. The standard InChI is InChI=1S/C13H14N2O3S/c14-15-13(17)12-10(5-6-19-12)8-18-11-4-2-1-3-9(11)7-16/h1-6,16H,7-8,14H2,(H,15,17). The van der Waals surface area contributed by atoms with Gasteiger partial charge in [-0.05, 0) is 17.5 Å². The molecule has 6 heteroatoms. The van der Waals surface area contributed by atoms with Gasteiger partial charge in [-0.1, -0.05) is 18.2 Å². The summed E-state index contributed by atoms with van der Waals surface area (Å²) in [5.41, 5.74) is 3.58. The molecule has 0 aliphatic carbocycles. The zero-order valence-electron chi connectivity index (χ0n) is 10.1. The number of hydrazine groups is 1. The fraction of sp³-hybridized carbons (Fsp3) is 0.154. The van der Waals surface area contributed by atoms with Crippen LogP contribution in [0.2, 0.25) is 0 Å². The van der Waals surface area contributed by atoms with Crippen molar-refractivity contribution in [2.24, 2.45) is 5.84 Å². The Balaban J connectivity index is 2.11. The highest BCUT2D eigenvalue weighted by molar-refractivity contribution is 7.12. The number of hydrogen-bond donors (Lipinski definition) is 3. The van der Waals surface area contributed by atoms with Gasteiger partial charge in [-0.3, -0.25) is 10.2 Å². The van der Waals surface area contributed by atoms with Crippen molar-refractivity contribution in [1.29, 1.82) is 0 Å². The van der Waals surface area contributed by atoms with Crippen LogP contribution in [0.15, 0.2) is 35.7 Å². The highest BCUT2D eigenvalue weighted by Crippen LogP contribution is 2.22. The average Bonchev–Trinajstić information content (AvgIpc) is 2.93. The maximum atomic E-state index is 11.5. The first kappa shape index (κ1) is 13.5. The molecule has 1 aromatic heterocycles. The van der Waals surface area contributed by atoms with Gasteiger partial charge in [0, 0.05) is 11.1 Å². The van der Waals surface area contributed by atoms with E-state index >= 15 is 0 Å². The normalized spacial score (nSPS) is 10.2. The molecule has 0 saturated carbocycles. The molecule has 1 aromatic carbocycles. The number of amides is 1. The topological polar surface area (TPSA) is 84.6 Å². The first-order valence-electron chi connectivity index (χ1n) is 5.65.